The highest BCUT2D eigenvalue weighted by atomic mass is 16.6. The first kappa shape index (κ1) is 16.2. The number of amides is 1. The van der Waals surface area contributed by atoms with Crippen molar-refractivity contribution < 1.29 is 19.0 Å². The number of carbonyl (C=O) groups is 1. The number of para-hydroxylation sites is 2. The molecule has 0 saturated heterocycles. The average Bonchev–Trinajstić information content (AvgIpc) is 2.57. The van der Waals surface area contributed by atoms with Gasteiger partial charge in [-0.25, -0.2) is 0 Å². The second kappa shape index (κ2) is 7.25. The Labute approximate surface area is 141 Å². The lowest BCUT2D eigenvalue weighted by molar-refractivity contribution is -0.123. The second-order valence-corrected chi connectivity index (χ2v) is 5.91. The van der Waals surface area contributed by atoms with E-state index in [-0.39, 0.29) is 18.6 Å². The van der Waals surface area contributed by atoms with E-state index in [2.05, 4.69) is 11.4 Å². The Morgan fingerprint density at radius 1 is 1.17 bits per heavy atom. The highest BCUT2D eigenvalue weighted by Crippen LogP contribution is 2.30. The van der Waals surface area contributed by atoms with Crippen molar-refractivity contribution in [3.05, 3.63) is 53.6 Å². The zero-order chi connectivity index (χ0) is 16.9. The third-order valence-electron chi connectivity index (χ3n) is 3.66. The number of fused-ring (bicyclic) bond motifs is 1. The van der Waals surface area contributed by atoms with Crippen LogP contribution in [-0.2, 0) is 4.79 Å². The molecule has 1 atom stereocenters. The Morgan fingerprint density at radius 2 is 1.88 bits per heavy atom. The fourth-order valence-electron chi connectivity index (χ4n) is 2.61. The van der Waals surface area contributed by atoms with Crippen LogP contribution in [-0.4, -0.2) is 31.8 Å². The summed E-state index contributed by atoms with van der Waals surface area (Å²) >= 11 is 0. The Balaban J connectivity index is 1.45. The molecule has 0 bridgehead atoms. The minimum Gasteiger partial charge on any atom is -0.486 e. The van der Waals surface area contributed by atoms with E-state index in [0.29, 0.717) is 24.7 Å². The van der Waals surface area contributed by atoms with E-state index in [1.54, 1.807) is 0 Å². The van der Waals surface area contributed by atoms with Crippen molar-refractivity contribution in [1.29, 1.82) is 0 Å². The third kappa shape index (κ3) is 4.19. The smallest absolute Gasteiger partial charge is 0.258 e. The number of aryl methyl sites for hydroxylation is 2. The molecule has 5 nitrogen and oxygen atoms in total. The van der Waals surface area contributed by atoms with Gasteiger partial charge in [-0.1, -0.05) is 18.2 Å². The van der Waals surface area contributed by atoms with Gasteiger partial charge in [0.1, 0.15) is 18.5 Å². The van der Waals surface area contributed by atoms with Gasteiger partial charge in [-0.15, -0.1) is 0 Å². The maximum absolute atomic E-state index is 11.9. The van der Waals surface area contributed by atoms with Gasteiger partial charge < -0.3 is 19.5 Å². The van der Waals surface area contributed by atoms with Gasteiger partial charge in [0.15, 0.2) is 18.1 Å². The molecule has 0 radical (unpaired) electrons. The summed E-state index contributed by atoms with van der Waals surface area (Å²) in [4.78, 5) is 11.9. The first-order valence-electron chi connectivity index (χ1n) is 7.96. The fourth-order valence-corrected chi connectivity index (χ4v) is 2.61. The van der Waals surface area contributed by atoms with Gasteiger partial charge >= 0.3 is 0 Å². The van der Waals surface area contributed by atoms with E-state index in [0.717, 1.165) is 16.9 Å². The van der Waals surface area contributed by atoms with Gasteiger partial charge in [-0.3, -0.25) is 4.79 Å². The largest absolute Gasteiger partial charge is 0.486 e. The van der Waals surface area contributed by atoms with E-state index >= 15 is 0 Å². The Bertz CT molecular complexity index is 709. The molecule has 126 valence electrons. The van der Waals surface area contributed by atoms with Crippen LogP contribution >= 0.6 is 0 Å². The molecule has 1 aliphatic rings. The molecule has 5 heteroatoms. The Morgan fingerprint density at radius 3 is 2.62 bits per heavy atom. The predicted octanol–water partition coefficient (Wildman–Crippen LogP) is 2.64. The summed E-state index contributed by atoms with van der Waals surface area (Å²) in [5, 5.41) is 2.81. The van der Waals surface area contributed by atoms with E-state index in [9.17, 15) is 4.79 Å². The van der Waals surface area contributed by atoms with Crippen molar-refractivity contribution in [3.8, 4) is 17.2 Å². The van der Waals surface area contributed by atoms with Crippen LogP contribution in [0.2, 0.25) is 0 Å². The van der Waals surface area contributed by atoms with Gasteiger partial charge in [0.2, 0.25) is 0 Å². The topological polar surface area (TPSA) is 56.8 Å². The van der Waals surface area contributed by atoms with Crippen LogP contribution in [0.25, 0.3) is 0 Å². The quantitative estimate of drug-likeness (QED) is 0.917. The second-order valence-electron chi connectivity index (χ2n) is 5.91. The van der Waals surface area contributed by atoms with Gasteiger partial charge in [-0.2, -0.15) is 0 Å². The number of nitrogens with one attached hydrogen (secondary N) is 1. The fraction of sp³-hybridized carbons (Fsp3) is 0.316. The SMILES string of the molecule is Cc1cc(C)cc(OCC(=O)NCC2COc3ccccc3O2)c1. The van der Waals surface area contributed by atoms with Crippen LogP contribution in [0, 0.1) is 13.8 Å². The zero-order valence-electron chi connectivity index (χ0n) is 13.9. The van der Waals surface area contributed by atoms with E-state index in [4.69, 9.17) is 14.2 Å². The lowest BCUT2D eigenvalue weighted by atomic mass is 10.1. The van der Waals surface area contributed by atoms with Crippen molar-refractivity contribution in [1.82, 2.24) is 5.32 Å². The number of hydrogen-bond acceptors (Lipinski definition) is 4. The predicted molar refractivity (Wildman–Crippen MR) is 90.8 cm³/mol. The summed E-state index contributed by atoms with van der Waals surface area (Å²) in [6, 6.07) is 13.4. The van der Waals surface area contributed by atoms with Crippen molar-refractivity contribution in [3.63, 3.8) is 0 Å². The van der Waals surface area contributed by atoms with Crippen molar-refractivity contribution >= 4 is 5.91 Å². The molecule has 0 aliphatic carbocycles. The molecule has 1 amide bonds. The van der Waals surface area contributed by atoms with Gasteiger partial charge in [0.05, 0.1) is 6.54 Å². The molecule has 1 unspecified atom stereocenters. The minimum absolute atomic E-state index is 0.0208. The summed E-state index contributed by atoms with van der Waals surface area (Å²) in [5.41, 5.74) is 2.22. The lowest BCUT2D eigenvalue weighted by Crippen LogP contribution is -2.42. The van der Waals surface area contributed by atoms with Crippen molar-refractivity contribution in [2.24, 2.45) is 0 Å². The number of benzene rings is 2. The zero-order valence-corrected chi connectivity index (χ0v) is 13.9. The molecular formula is C19H21NO4. The van der Waals surface area contributed by atoms with Crippen molar-refractivity contribution in [2.75, 3.05) is 19.8 Å². The number of ether oxygens (including phenoxy) is 3. The van der Waals surface area contributed by atoms with Crippen LogP contribution in [0.3, 0.4) is 0 Å². The molecule has 0 saturated carbocycles. The van der Waals surface area contributed by atoms with Crippen LogP contribution in [0.15, 0.2) is 42.5 Å². The molecule has 0 aromatic heterocycles. The van der Waals surface area contributed by atoms with Crippen LogP contribution in [0.1, 0.15) is 11.1 Å². The standard InChI is InChI=1S/C19H21NO4/c1-13-7-14(2)9-15(8-13)22-12-19(21)20-10-16-11-23-17-5-3-4-6-18(17)24-16/h3-9,16H,10-12H2,1-2H3,(H,20,21). The molecule has 2 aromatic carbocycles. The van der Waals surface area contributed by atoms with Crippen LogP contribution in [0.5, 0.6) is 17.2 Å². The van der Waals surface area contributed by atoms with Gasteiger partial charge in [0, 0.05) is 0 Å². The third-order valence-corrected chi connectivity index (χ3v) is 3.66. The molecule has 1 heterocycles. The summed E-state index contributed by atoms with van der Waals surface area (Å²) < 4.78 is 17.0. The van der Waals surface area contributed by atoms with Crippen molar-refractivity contribution in [2.45, 2.75) is 20.0 Å². The molecular weight excluding hydrogens is 306 g/mol. The highest BCUT2D eigenvalue weighted by Gasteiger charge is 2.21. The normalized spacial score (nSPS) is 15.7. The summed E-state index contributed by atoms with van der Waals surface area (Å²) in [6.45, 7) is 4.77. The Kier molecular flexibility index (Phi) is 4.89. The molecule has 0 fully saturated rings. The molecule has 0 spiro atoms. The molecule has 2 aromatic rings. The molecule has 24 heavy (non-hydrogen) atoms. The summed E-state index contributed by atoms with van der Waals surface area (Å²) in [7, 11) is 0. The molecule has 1 N–H and O–H groups in total. The first-order valence-corrected chi connectivity index (χ1v) is 7.96. The lowest BCUT2D eigenvalue weighted by Gasteiger charge is -2.26. The Hall–Kier alpha value is -2.69. The van der Waals surface area contributed by atoms with Crippen LogP contribution in [0.4, 0.5) is 0 Å². The average molecular weight is 327 g/mol. The first-order chi connectivity index (χ1) is 11.6. The van der Waals surface area contributed by atoms with Gasteiger partial charge in [0.25, 0.3) is 5.91 Å². The maximum Gasteiger partial charge on any atom is 0.258 e. The summed E-state index contributed by atoms with van der Waals surface area (Å²) in [6.07, 6.45) is -0.204. The number of hydrogen-bond donors (Lipinski definition) is 1. The summed E-state index contributed by atoms with van der Waals surface area (Å²) in [5.74, 6) is 1.96. The number of rotatable bonds is 5. The molecule has 3 rings (SSSR count). The monoisotopic (exact) mass is 327 g/mol. The van der Waals surface area contributed by atoms with Crippen LogP contribution < -0.4 is 19.5 Å². The maximum atomic E-state index is 11.9. The van der Waals surface area contributed by atoms with E-state index < -0.39 is 0 Å². The number of carbonyl (C=O) groups excluding carboxylic acids is 1. The molecule has 1 aliphatic heterocycles. The van der Waals surface area contributed by atoms with E-state index in [1.807, 2.05) is 50.2 Å². The van der Waals surface area contributed by atoms with E-state index in [1.165, 1.54) is 0 Å². The minimum atomic E-state index is -0.204. The van der Waals surface area contributed by atoms with Gasteiger partial charge in [-0.05, 0) is 49.2 Å². The highest BCUT2D eigenvalue weighted by molar-refractivity contribution is 5.77.